The molecule has 0 aliphatic carbocycles. The van der Waals surface area contributed by atoms with E-state index in [2.05, 4.69) is 6.58 Å². The zero-order valence-electron chi connectivity index (χ0n) is 6.83. The van der Waals surface area contributed by atoms with E-state index in [1.165, 1.54) is 0 Å². The summed E-state index contributed by atoms with van der Waals surface area (Å²) in [5.74, 6) is -0.0278. The third-order valence-electron chi connectivity index (χ3n) is 1.85. The molecule has 0 aromatic carbocycles. The molecule has 2 heteroatoms. The molecule has 2 N–H and O–H groups in total. The van der Waals surface area contributed by atoms with Gasteiger partial charge in [0.05, 0.1) is 12.2 Å². The van der Waals surface area contributed by atoms with E-state index in [1.807, 2.05) is 6.92 Å². The first-order valence-electron chi connectivity index (χ1n) is 3.51. The van der Waals surface area contributed by atoms with Crippen LogP contribution in [0.1, 0.15) is 20.8 Å². The molecule has 0 heterocycles. The van der Waals surface area contributed by atoms with E-state index in [0.717, 1.165) is 0 Å². The summed E-state index contributed by atoms with van der Waals surface area (Å²) in [6.07, 6.45) is -0.952. The number of rotatable bonds is 3. The molecular weight excluding hydrogens is 128 g/mol. The third kappa shape index (κ3) is 2.50. The van der Waals surface area contributed by atoms with E-state index in [0.29, 0.717) is 5.57 Å². The number of hydrogen-bond donors (Lipinski definition) is 2. The smallest absolute Gasteiger partial charge is 0.0722 e. The Hall–Kier alpha value is -0.340. The number of aliphatic hydroxyl groups is 2. The molecule has 0 saturated heterocycles. The van der Waals surface area contributed by atoms with Crippen molar-refractivity contribution in [3.63, 3.8) is 0 Å². The maximum atomic E-state index is 9.07. The highest BCUT2D eigenvalue weighted by atomic mass is 16.3. The Labute approximate surface area is 62.2 Å². The van der Waals surface area contributed by atoms with E-state index in [-0.39, 0.29) is 5.92 Å². The van der Waals surface area contributed by atoms with Gasteiger partial charge in [-0.3, -0.25) is 0 Å². The minimum Gasteiger partial charge on any atom is -0.393 e. The van der Waals surface area contributed by atoms with Gasteiger partial charge in [-0.25, -0.2) is 0 Å². The lowest BCUT2D eigenvalue weighted by atomic mass is 9.94. The Balaban J connectivity index is 3.95. The Morgan fingerprint density at radius 1 is 1.20 bits per heavy atom. The summed E-state index contributed by atoms with van der Waals surface area (Å²) in [7, 11) is 0. The van der Waals surface area contributed by atoms with Crippen molar-refractivity contribution in [2.75, 3.05) is 0 Å². The van der Waals surface area contributed by atoms with Crippen LogP contribution < -0.4 is 0 Å². The van der Waals surface area contributed by atoms with Crippen molar-refractivity contribution in [1.29, 1.82) is 0 Å². The standard InChI is InChI=1S/C8H16O2/c1-5(7(3)9)6(2)8(4)10/h6-10H,1H2,2-4H3. The number of hydrogen-bond acceptors (Lipinski definition) is 2. The lowest BCUT2D eigenvalue weighted by Gasteiger charge is -2.19. The SMILES string of the molecule is C=C(C(C)O)C(C)C(C)O. The first kappa shape index (κ1) is 9.66. The van der Waals surface area contributed by atoms with E-state index in [9.17, 15) is 0 Å². The van der Waals surface area contributed by atoms with Crippen LogP contribution in [0.25, 0.3) is 0 Å². The lowest BCUT2D eigenvalue weighted by molar-refractivity contribution is 0.130. The highest BCUT2D eigenvalue weighted by molar-refractivity contribution is 5.05. The molecule has 0 rings (SSSR count). The molecule has 0 aliphatic heterocycles. The van der Waals surface area contributed by atoms with Gasteiger partial charge >= 0.3 is 0 Å². The van der Waals surface area contributed by atoms with Gasteiger partial charge in [-0.05, 0) is 19.4 Å². The Morgan fingerprint density at radius 3 is 1.70 bits per heavy atom. The van der Waals surface area contributed by atoms with Crippen LogP contribution in [-0.4, -0.2) is 22.4 Å². The van der Waals surface area contributed by atoms with Gasteiger partial charge < -0.3 is 10.2 Å². The van der Waals surface area contributed by atoms with E-state index in [1.54, 1.807) is 13.8 Å². The van der Waals surface area contributed by atoms with Gasteiger partial charge in [0.2, 0.25) is 0 Å². The summed E-state index contributed by atoms with van der Waals surface area (Å²) in [6, 6.07) is 0. The molecule has 0 aromatic rings. The summed E-state index contributed by atoms with van der Waals surface area (Å²) in [5.41, 5.74) is 0.690. The quantitative estimate of drug-likeness (QED) is 0.579. The molecule has 0 bridgehead atoms. The molecule has 0 radical (unpaired) electrons. The second-order valence-corrected chi connectivity index (χ2v) is 2.78. The predicted molar refractivity (Wildman–Crippen MR) is 41.7 cm³/mol. The normalized spacial score (nSPS) is 19.7. The van der Waals surface area contributed by atoms with Gasteiger partial charge in [0.25, 0.3) is 0 Å². The molecule has 3 unspecified atom stereocenters. The number of aliphatic hydroxyl groups excluding tert-OH is 2. The van der Waals surface area contributed by atoms with Crippen LogP contribution >= 0.6 is 0 Å². The summed E-state index contributed by atoms with van der Waals surface area (Å²) in [4.78, 5) is 0. The van der Waals surface area contributed by atoms with Crippen LogP contribution in [0.3, 0.4) is 0 Å². The molecule has 0 amide bonds. The average Bonchev–Trinajstić information content (AvgIpc) is 1.84. The van der Waals surface area contributed by atoms with Crippen LogP contribution in [0.5, 0.6) is 0 Å². The van der Waals surface area contributed by atoms with Crippen molar-refractivity contribution < 1.29 is 10.2 Å². The second-order valence-electron chi connectivity index (χ2n) is 2.78. The zero-order valence-corrected chi connectivity index (χ0v) is 6.83. The fraction of sp³-hybridized carbons (Fsp3) is 0.750. The van der Waals surface area contributed by atoms with Gasteiger partial charge in [-0.1, -0.05) is 13.5 Å². The fourth-order valence-electron chi connectivity index (χ4n) is 0.690. The first-order chi connectivity index (χ1) is 4.46. The molecule has 2 nitrogen and oxygen atoms in total. The molecule has 0 fully saturated rings. The van der Waals surface area contributed by atoms with Gasteiger partial charge in [-0.2, -0.15) is 0 Å². The van der Waals surface area contributed by atoms with Gasteiger partial charge in [0.15, 0.2) is 0 Å². The molecular formula is C8H16O2. The van der Waals surface area contributed by atoms with Crippen LogP contribution in [0.4, 0.5) is 0 Å². The fourth-order valence-corrected chi connectivity index (χ4v) is 0.690. The molecule has 60 valence electrons. The van der Waals surface area contributed by atoms with Crippen LogP contribution in [0.2, 0.25) is 0 Å². The highest BCUT2D eigenvalue weighted by Gasteiger charge is 2.15. The van der Waals surface area contributed by atoms with Gasteiger partial charge in [0, 0.05) is 5.92 Å². The van der Waals surface area contributed by atoms with Gasteiger partial charge in [0.1, 0.15) is 0 Å². The molecule has 0 aliphatic rings. The minimum absolute atomic E-state index is 0.0278. The molecule has 10 heavy (non-hydrogen) atoms. The summed E-state index contributed by atoms with van der Waals surface area (Å²) in [5, 5.41) is 18.1. The molecule has 3 atom stereocenters. The minimum atomic E-state index is -0.524. The third-order valence-corrected chi connectivity index (χ3v) is 1.85. The average molecular weight is 144 g/mol. The highest BCUT2D eigenvalue weighted by Crippen LogP contribution is 2.15. The Bertz CT molecular complexity index is 116. The van der Waals surface area contributed by atoms with Crippen molar-refractivity contribution in [3.8, 4) is 0 Å². The molecule has 0 saturated carbocycles. The van der Waals surface area contributed by atoms with Crippen molar-refractivity contribution in [2.45, 2.75) is 33.0 Å². The summed E-state index contributed by atoms with van der Waals surface area (Å²) < 4.78 is 0. The predicted octanol–water partition coefficient (Wildman–Crippen LogP) is 0.940. The van der Waals surface area contributed by atoms with Crippen LogP contribution in [-0.2, 0) is 0 Å². The van der Waals surface area contributed by atoms with Crippen molar-refractivity contribution in [2.24, 2.45) is 5.92 Å². The monoisotopic (exact) mass is 144 g/mol. The van der Waals surface area contributed by atoms with Crippen molar-refractivity contribution in [1.82, 2.24) is 0 Å². The lowest BCUT2D eigenvalue weighted by Crippen LogP contribution is -2.21. The zero-order chi connectivity index (χ0) is 8.31. The Kier molecular flexibility index (Phi) is 3.61. The molecule has 0 aromatic heterocycles. The van der Waals surface area contributed by atoms with Crippen LogP contribution in [0, 0.1) is 5.92 Å². The van der Waals surface area contributed by atoms with E-state index >= 15 is 0 Å². The summed E-state index contributed by atoms with van der Waals surface area (Å²) in [6.45, 7) is 8.86. The Morgan fingerprint density at radius 2 is 1.60 bits per heavy atom. The van der Waals surface area contributed by atoms with Crippen LogP contribution in [0.15, 0.2) is 12.2 Å². The van der Waals surface area contributed by atoms with Gasteiger partial charge in [-0.15, -0.1) is 0 Å². The van der Waals surface area contributed by atoms with Crippen molar-refractivity contribution in [3.05, 3.63) is 12.2 Å². The molecule has 0 spiro atoms. The second kappa shape index (κ2) is 3.74. The topological polar surface area (TPSA) is 40.5 Å². The summed E-state index contributed by atoms with van der Waals surface area (Å²) >= 11 is 0. The van der Waals surface area contributed by atoms with Crippen molar-refractivity contribution >= 4 is 0 Å². The maximum absolute atomic E-state index is 9.07. The van der Waals surface area contributed by atoms with E-state index in [4.69, 9.17) is 10.2 Å². The largest absolute Gasteiger partial charge is 0.393 e. The maximum Gasteiger partial charge on any atom is 0.0722 e. The first-order valence-corrected chi connectivity index (χ1v) is 3.51. The van der Waals surface area contributed by atoms with E-state index < -0.39 is 12.2 Å².